The number of benzene rings is 2. The molecule has 1 atom stereocenters. The van der Waals surface area contributed by atoms with Crippen molar-refractivity contribution in [3.8, 4) is 0 Å². The molecule has 1 unspecified atom stereocenters. The third kappa shape index (κ3) is 4.61. The number of hydrogen-bond acceptors (Lipinski definition) is 2. The summed E-state index contributed by atoms with van der Waals surface area (Å²) < 4.78 is 27.1. The number of rotatable bonds is 6. The molecule has 0 aliphatic rings. The van der Waals surface area contributed by atoms with Crippen LogP contribution in [0.15, 0.2) is 42.5 Å². The minimum absolute atomic E-state index is 0.204. The van der Waals surface area contributed by atoms with E-state index in [0.717, 1.165) is 17.7 Å². The minimum atomic E-state index is -0.723. The largest absolute Gasteiger partial charge is 0.354 e. The molecule has 0 heterocycles. The molecule has 0 saturated carbocycles. The quantitative estimate of drug-likeness (QED) is 0.851. The fourth-order valence-corrected chi connectivity index (χ4v) is 2.39. The first-order chi connectivity index (χ1) is 11.4. The predicted molar refractivity (Wildman–Crippen MR) is 90.5 cm³/mol. The molecular weight excluding hydrogens is 310 g/mol. The normalized spacial score (nSPS) is 12.2. The molecule has 2 rings (SSSR count). The van der Waals surface area contributed by atoms with Crippen molar-refractivity contribution in [2.75, 3.05) is 6.54 Å². The van der Waals surface area contributed by atoms with Gasteiger partial charge in [0.05, 0.1) is 6.42 Å². The summed E-state index contributed by atoms with van der Waals surface area (Å²) in [6.07, 6.45) is -0.350. The number of hydrogen-bond donors (Lipinski definition) is 2. The third-order valence-corrected chi connectivity index (χ3v) is 3.95. The molecule has 0 aromatic heterocycles. The molecule has 0 spiro atoms. The maximum atomic E-state index is 13.5. The maximum absolute atomic E-state index is 13.5. The van der Waals surface area contributed by atoms with Gasteiger partial charge >= 0.3 is 0 Å². The van der Waals surface area contributed by atoms with Crippen molar-refractivity contribution in [3.05, 3.63) is 70.8 Å². The lowest BCUT2D eigenvalue weighted by Crippen LogP contribution is -2.33. The van der Waals surface area contributed by atoms with E-state index in [1.54, 1.807) is 0 Å². The second-order valence-electron chi connectivity index (χ2n) is 6.11. The number of carbonyl (C=O) groups excluding carboxylic acids is 1. The van der Waals surface area contributed by atoms with Crippen LogP contribution in [0.3, 0.4) is 0 Å². The van der Waals surface area contributed by atoms with Crippen molar-refractivity contribution >= 4 is 5.91 Å². The van der Waals surface area contributed by atoms with Gasteiger partial charge < -0.3 is 11.1 Å². The van der Waals surface area contributed by atoms with Gasteiger partial charge in [-0.25, -0.2) is 8.78 Å². The Hall–Kier alpha value is -2.27. The van der Waals surface area contributed by atoms with E-state index in [2.05, 4.69) is 19.2 Å². The van der Waals surface area contributed by atoms with Gasteiger partial charge in [-0.05, 0) is 29.2 Å². The van der Waals surface area contributed by atoms with Crippen molar-refractivity contribution in [1.82, 2.24) is 5.32 Å². The summed E-state index contributed by atoms with van der Waals surface area (Å²) in [6, 6.07) is 11.0. The van der Waals surface area contributed by atoms with Crippen LogP contribution in [-0.4, -0.2) is 12.5 Å². The lowest BCUT2D eigenvalue weighted by atomic mass is 9.99. The third-order valence-electron chi connectivity index (χ3n) is 3.95. The van der Waals surface area contributed by atoms with Gasteiger partial charge in [0, 0.05) is 18.2 Å². The number of nitrogens with one attached hydrogen (secondary N) is 1. The van der Waals surface area contributed by atoms with Gasteiger partial charge in [-0.15, -0.1) is 0 Å². The Morgan fingerprint density at radius 2 is 1.58 bits per heavy atom. The van der Waals surface area contributed by atoms with Crippen LogP contribution < -0.4 is 11.1 Å². The van der Waals surface area contributed by atoms with E-state index in [9.17, 15) is 13.6 Å². The molecular formula is C19H22F2N2O. The summed E-state index contributed by atoms with van der Waals surface area (Å²) in [6.45, 7) is 4.42. The van der Waals surface area contributed by atoms with Crippen molar-refractivity contribution < 1.29 is 13.6 Å². The van der Waals surface area contributed by atoms with Crippen LogP contribution in [0, 0.1) is 11.6 Å². The number of nitrogens with two attached hydrogens (primary N) is 1. The van der Waals surface area contributed by atoms with Crippen LogP contribution in [0.5, 0.6) is 0 Å². The predicted octanol–water partition coefficient (Wildman–Crippen LogP) is 3.45. The van der Waals surface area contributed by atoms with E-state index < -0.39 is 17.5 Å². The Kier molecular flexibility index (Phi) is 6.04. The van der Waals surface area contributed by atoms with Crippen LogP contribution in [0.1, 0.15) is 42.5 Å². The van der Waals surface area contributed by atoms with E-state index >= 15 is 0 Å². The van der Waals surface area contributed by atoms with Gasteiger partial charge in [-0.1, -0.05) is 44.2 Å². The molecule has 0 bridgehead atoms. The fourth-order valence-electron chi connectivity index (χ4n) is 2.39. The van der Waals surface area contributed by atoms with Crippen LogP contribution in [0.25, 0.3) is 0 Å². The summed E-state index contributed by atoms with van der Waals surface area (Å²) >= 11 is 0. The average Bonchev–Trinajstić information content (AvgIpc) is 2.56. The summed E-state index contributed by atoms with van der Waals surface area (Å²) in [4.78, 5) is 11.9. The Labute approximate surface area is 140 Å². The lowest BCUT2D eigenvalue weighted by molar-refractivity contribution is -0.120. The Morgan fingerprint density at radius 3 is 2.12 bits per heavy atom. The van der Waals surface area contributed by atoms with Gasteiger partial charge in [0.15, 0.2) is 0 Å². The molecule has 0 aliphatic heterocycles. The molecule has 3 nitrogen and oxygen atoms in total. The molecule has 128 valence electrons. The Morgan fingerprint density at radius 1 is 1.04 bits per heavy atom. The molecule has 5 heteroatoms. The summed E-state index contributed by atoms with van der Waals surface area (Å²) in [5.74, 6) is -1.48. The van der Waals surface area contributed by atoms with Crippen molar-refractivity contribution in [1.29, 1.82) is 0 Å². The highest BCUT2D eigenvalue weighted by Crippen LogP contribution is 2.17. The molecule has 0 aliphatic carbocycles. The molecule has 2 aromatic rings. The smallest absolute Gasteiger partial charge is 0.224 e. The van der Waals surface area contributed by atoms with E-state index in [1.165, 1.54) is 11.6 Å². The minimum Gasteiger partial charge on any atom is -0.354 e. The zero-order chi connectivity index (χ0) is 17.7. The molecule has 0 fully saturated rings. The average molecular weight is 332 g/mol. The Bertz CT molecular complexity index is 679. The molecule has 0 radical (unpaired) electrons. The van der Waals surface area contributed by atoms with Gasteiger partial charge in [0.25, 0.3) is 0 Å². The molecule has 1 amide bonds. The van der Waals surface area contributed by atoms with Gasteiger partial charge in [0.2, 0.25) is 5.91 Å². The maximum Gasteiger partial charge on any atom is 0.224 e. The Balaban J connectivity index is 1.91. The van der Waals surface area contributed by atoms with Crippen molar-refractivity contribution in [3.63, 3.8) is 0 Å². The first kappa shape index (κ1) is 18.1. The monoisotopic (exact) mass is 332 g/mol. The van der Waals surface area contributed by atoms with Crippen LogP contribution in [0.2, 0.25) is 0 Å². The highest BCUT2D eigenvalue weighted by atomic mass is 19.1. The molecule has 0 saturated heterocycles. The second-order valence-corrected chi connectivity index (χ2v) is 6.11. The molecule has 3 N–H and O–H groups in total. The SMILES string of the molecule is CC(C)c1ccc(C(N)CNC(=O)Cc2c(F)cccc2F)cc1. The van der Waals surface area contributed by atoms with E-state index in [4.69, 9.17) is 5.73 Å². The van der Waals surface area contributed by atoms with Crippen molar-refractivity contribution in [2.24, 2.45) is 5.73 Å². The van der Waals surface area contributed by atoms with E-state index in [-0.39, 0.29) is 24.6 Å². The molecule has 24 heavy (non-hydrogen) atoms. The summed E-state index contributed by atoms with van der Waals surface area (Å²) in [5, 5.41) is 2.62. The highest BCUT2D eigenvalue weighted by molar-refractivity contribution is 5.78. The first-order valence-corrected chi connectivity index (χ1v) is 7.93. The number of halogens is 2. The standard InChI is InChI=1S/C19H22F2N2O/c1-12(2)13-6-8-14(9-7-13)18(22)11-23-19(24)10-15-16(20)4-3-5-17(15)21/h3-9,12,18H,10-11,22H2,1-2H3,(H,23,24). The fraction of sp³-hybridized carbons (Fsp3) is 0.316. The topological polar surface area (TPSA) is 55.1 Å². The summed E-state index contributed by atoms with van der Waals surface area (Å²) in [5.41, 5.74) is 7.94. The van der Waals surface area contributed by atoms with Gasteiger partial charge in [-0.3, -0.25) is 4.79 Å². The zero-order valence-electron chi connectivity index (χ0n) is 13.9. The van der Waals surface area contributed by atoms with E-state index in [1.807, 2.05) is 24.3 Å². The van der Waals surface area contributed by atoms with Crippen LogP contribution in [0.4, 0.5) is 8.78 Å². The van der Waals surface area contributed by atoms with Crippen molar-refractivity contribution in [2.45, 2.75) is 32.2 Å². The number of carbonyl (C=O) groups is 1. The van der Waals surface area contributed by atoms with Gasteiger partial charge in [-0.2, -0.15) is 0 Å². The lowest BCUT2D eigenvalue weighted by Gasteiger charge is -2.15. The summed E-state index contributed by atoms with van der Waals surface area (Å²) in [7, 11) is 0. The second kappa shape index (κ2) is 8.02. The highest BCUT2D eigenvalue weighted by Gasteiger charge is 2.14. The zero-order valence-corrected chi connectivity index (χ0v) is 13.9. The molecule has 2 aromatic carbocycles. The van der Waals surface area contributed by atoms with E-state index in [0.29, 0.717) is 5.92 Å². The van der Waals surface area contributed by atoms with Gasteiger partial charge in [0.1, 0.15) is 11.6 Å². The first-order valence-electron chi connectivity index (χ1n) is 7.93. The number of amides is 1. The van der Waals surface area contributed by atoms with Crippen LogP contribution in [-0.2, 0) is 11.2 Å². The van der Waals surface area contributed by atoms with Crippen LogP contribution >= 0.6 is 0 Å².